The number of nitrogen functional groups attached to an aromatic ring is 1. The largest absolute Gasteiger partial charge is 0.397 e. The van der Waals surface area contributed by atoms with Crippen LogP contribution in [0.15, 0.2) is 42.5 Å². The van der Waals surface area contributed by atoms with Crippen molar-refractivity contribution in [1.82, 2.24) is 0 Å². The van der Waals surface area contributed by atoms with Crippen molar-refractivity contribution >= 4 is 11.4 Å². The first-order valence-electron chi connectivity index (χ1n) is 7.00. The molecule has 1 fully saturated rings. The molecule has 20 heavy (non-hydrogen) atoms. The molecule has 3 rings (SSSR count). The molecular weight excluding hydrogens is 251 g/mol. The number of anilines is 2. The fourth-order valence-corrected chi connectivity index (χ4v) is 2.93. The van der Waals surface area contributed by atoms with Crippen molar-refractivity contribution < 1.29 is 4.39 Å². The second-order valence-electron chi connectivity index (χ2n) is 5.50. The predicted molar refractivity (Wildman–Crippen MR) is 81.6 cm³/mol. The minimum atomic E-state index is -0.231. The molecule has 104 valence electrons. The van der Waals surface area contributed by atoms with Crippen molar-refractivity contribution in [2.45, 2.75) is 19.3 Å². The van der Waals surface area contributed by atoms with Crippen LogP contribution in [0.1, 0.15) is 23.5 Å². The van der Waals surface area contributed by atoms with E-state index in [-0.39, 0.29) is 5.82 Å². The van der Waals surface area contributed by atoms with E-state index >= 15 is 0 Å². The fourth-order valence-electron chi connectivity index (χ4n) is 2.93. The highest BCUT2D eigenvalue weighted by molar-refractivity contribution is 5.69. The van der Waals surface area contributed by atoms with E-state index in [1.165, 1.54) is 11.6 Å². The summed E-state index contributed by atoms with van der Waals surface area (Å²) in [6, 6.07) is 13.8. The van der Waals surface area contributed by atoms with Gasteiger partial charge in [-0.2, -0.15) is 0 Å². The van der Waals surface area contributed by atoms with Crippen LogP contribution < -0.4 is 10.6 Å². The van der Waals surface area contributed by atoms with Gasteiger partial charge in [0.05, 0.1) is 11.4 Å². The van der Waals surface area contributed by atoms with E-state index in [0.717, 1.165) is 25.2 Å². The number of rotatable bonds is 2. The van der Waals surface area contributed by atoms with Gasteiger partial charge >= 0.3 is 0 Å². The molecule has 1 saturated heterocycles. The molecular formula is C17H19FN2. The lowest BCUT2D eigenvalue weighted by Crippen LogP contribution is -2.20. The van der Waals surface area contributed by atoms with Gasteiger partial charge in [-0.15, -0.1) is 0 Å². The standard InChI is InChI=1S/C17H19FN2/c1-12-9-17(16(19)10-15(12)18)20-8-7-14(11-20)13-5-3-2-4-6-13/h2-6,9-10,14H,7-8,11,19H2,1H3. The Balaban J connectivity index is 1.82. The Bertz CT molecular complexity index is 610. The van der Waals surface area contributed by atoms with Crippen LogP contribution in [-0.4, -0.2) is 13.1 Å². The van der Waals surface area contributed by atoms with E-state index in [4.69, 9.17) is 5.73 Å². The van der Waals surface area contributed by atoms with Crippen LogP contribution in [0.5, 0.6) is 0 Å². The molecule has 1 aliphatic heterocycles. The molecule has 2 nitrogen and oxygen atoms in total. The van der Waals surface area contributed by atoms with Crippen molar-refractivity contribution in [3.05, 3.63) is 59.4 Å². The molecule has 3 heteroatoms. The summed E-state index contributed by atoms with van der Waals surface area (Å²) in [6.07, 6.45) is 1.11. The summed E-state index contributed by atoms with van der Waals surface area (Å²) in [5.41, 5.74) is 9.48. The monoisotopic (exact) mass is 270 g/mol. The zero-order chi connectivity index (χ0) is 14.1. The van der Waals surface area contributed by atoms with Gasteiger partial charge < -0.3 is 10.6 Å². The van der Waals surface area contributed by atoms with Crippen LogP contribution in [0.25, 0.3) is 0 Å². The minimum Gasteiger partial charge on any atom is -0.397 e. The molecule has 1 heterocycles. The Kier molecular flexibility index (Phi) is 3.35. The number of aryl methyl sites for hydroxylation is 1. The van der Waals surface area contributed by atoms with E-state index in [1.54, 1.807) is 6.92 Å². The average Bonchev–Trinajstić information content (AvgIpc) is 2.93. The normalized spacial score (nSPS) is 18.5. The van der Waals surface area contributed by atoms with Crippen molar-refractivity contribution in [2.75, 3.05) is 23.7 Å². The van der Waals surface area contributed by atoms with Crippen LogP contribution >= 0.6 is 0 Å². The summed E-state index contributed by atoms with van der Waals surface area (Å²) >= 11 is 0. The summed E-state index contributed by atoms with van der Waals surface area (Å²) in [5, 5.41) is 0. The summed E-state index contributed by atoms with van der Waals surface area (Å²) < 4.78 is 13.5. The van der Waals surface area contributed by atoms with Gasteiger partial charge in [0.15, 0.2) is 0 Å². The Morgan fingerprint density at radius 3 is 2.70 bits per heavy atom. The van der Waals surface area contributed by atoms with Gasteiger partial charge in [-0.3, -0.25) is 0 Å². The molecule has 1 unspecified atom stereocenters. The Hall–Kier alpha value is -2.03. The summed E-state index contributed by atoms with van der Waals surface area (Å²) in [6.45, 7) is 3.69. The number of nitrogens with zero attached hydrogens (tertiary/aromatic N) is 1. The summed E-state index contributed by atoms with van der Waals surface area (Å²) in [4.78, 5) is 2.26. The van der Waals surface area contributed by atoms with Crippen LogP contribution in [0.3, 0.4) is 0 Å². The SMILES string of the molecule is Cc1cc(N2CCC(c3ccccc3)C2)c(N)cc1F. The Morgan fingerprint density at radius 1 is 1.20 bits per heavy atom. The average molecular weight is 270 g/mol. The molecule has 0 radical (unpaired) electrons. The van der Waals surface area contributed by atoms with E-state index in [2.05, 4.69) is 29.2 Å². The number of halogens is 1. The number of hydrogen-bond acceptors (Lipinski definition) is 2. The quantitative estimate of drug-likeness (QED) is 0.843. The highest BCUT2D eigenvalue weighted by atomic mass is 19.1. The second-order valence-corrected chi connectivity index (χ2v) is 5.50. The molecule has 1 aliphatic rings. The Labute approximate surface area is 119 Å². The molecule has 2 aromatic carbocycles. The lowest BCUT2D eigenvalue weighted by atomic mass is 9.99. The smallest absolute Gasteiger partial charge is 0.128 e. The first-order valence-corrected chi connectivity index (χ1v) is 7.00. The van der Waals surface area contributed by atoms with Crippen LogP contribution in [0.4, 0.5) is 15.8 Å². The third-order valence-corrected chi connectivity index (χ3v) is 4.11. The maximum absolute atomic E-state index is 13.5. The molecule has 1 atom stereocenters. The molecule has 0 amide bonds. The van der Waals surface area contributed by atoms with Crippen molar-refractivity contribution in [1.29, 1.82) is 0 Å². The van der Waals surface area contributed by atoms with Crippen LogP contribution in [-0.2, 0) is 0 Å². The Morgan fingerprint density at radius 2 is 1.95 bits per heavy atom. The summed E-state index contributed by atoms with van der Waals surface area (Å²) in [7, 11) is 0. The molecule has 0 aromatic heterocycles. The molecule has 0 spiro atoms. The number of nitrogens with two attached hydrogens (primary N) is 1. The first kappa shape index (κ1) is 13.0. The van der Waals surface area contributed by atoms with E-state index in [9.17, 15) is 4.39 Å². The maximum atomic E-state index is 13.5. The first-order chi connectivity index (χ1) is 9.65. The predicted octanol–water partition coefficient (Wildman–Crippen LogP) is 3.71. The lowest BCUT2D eigenvalue weighted by molar-refractivity contribution is 0.619. The summed E-state index contributed by atoms with van der Waals surface area (Å²) in [5.74, 6) is 0.297. The van der Waals surface area contributed by atoms with Crippen molar-refractivity contribution in [3.8, 4) is 0 Å². The third kappa shape index (κ3) is 2.36. The zero-order valence-corrected chi connectivity index (χ0v) is 11.6. The van der Waals surface area contributed by atoms with Crippen LogP contribution in [0, 0.1) is 12.7 Å². The van der Waals surface area contributed by atoms with Gasteiger partial charge in [-0.05, 0) is 36.6 Å². The van der Waals surface area contributed by atoms with Gasteiger partial charge in [-0.1, -0.05) is 30.3 Å². The fraction of sp³-hybridized carbons (Fsp3) is 0.294. The van der Waals surface area contributed by atoms with Crippen LogP contribution in [0.2, 0.25) is 0 Å². The molecule has 0 bridgehead atoms. The van der Waals surface area contributed by atoms with Gasteiger partial charge in [0.2, 0.25) is 0 Å². The molecule has 2 N–H and O–H groups in total. The van der Waals surface area contributed by atoms with Gasteiger partial charge in [0.1, 0.15) is 5.82 Å². The molecule has 0 aliphatic carbocycles. The lowest BCUT2D eigenvalue weighted by Gasteiger charge is -2.21. The highest BCUT2D eigenvalue weighted by Gasteiger charge is 2.25. The van der Waals surface area contributed by atoms with E-state index in [1.807, 2.05) is 12.1 Å². The topological polar surface area (TPSA) is 29.3 Å². The highest BCUT2D eigenvalue weighted by Crippen LogP contribution is 2.34. The van der Waals surface area contributed by atoms with Gasteiger partial charge in [-0.25, -0.2) is 4.39 Å². The minimum absolute atomic E-state index is 0.231. The second kappa shape index (κ2) is 5.16. The maximum Gasteiger partial charge on any atom is 0.128 e. The van der Waals surface area contributed by atoms with Gasteiger partial charge in [0.25, 0.3) is 0 Å². The van der Waals surface area contributed by atoms with E-state index in [0.29, 0.717) is 17.2 Å². The van der Waals surface area contributed by atoms with E-state index < -0.39 is 0 Å². The third-order valence-electron chi connectivity index (χ3n) is 4.11. The van der Waals surface area contributed by atoms with Gasteiger partial charge in [0, 0.05) is 19.0 Å². The number of benzene rings is 2. The molecule has 2 aromatic rings. The van der Waals surface area contributed by atoms with Crippen molar-refractivity contribution in [3.63, 3.8) is 0 Å². The zero-order valence-electron chi connectivity index (χ0n) is 11.6. The molecule has 0 saturated carbocycles. The van der Waals surface area contributed by atoms with Crippen molar-refractivity contribution in [2.24, 2.45) is 0 Å². The number of hydrogen-bond donors (Lipinski definition) is 1.